The molecule has 4 aromatic carbocycles. The van der Waals surface area contributed by atoms with Crippen LogP contribution < -0.4 is 0 Å². The van der Waals surface area contributed by atoms with Crippen molar-refractivity contribution in [3.05, 3.63) is 83.4 Å². The average molecular weight is 303 g/mol. The van der Waals surface area contributed by atoms with Crippen molar-refractivity contribution in [1.82, 2.24) is 0 Å². The third-order valence-electron chi connectivity index (χ3n) is 4.16. The van der Waals surface area contributed by atoms with Gasteiger partial charge in [-0.05, 0) is 57.8 Å². The van der Waals surface area contributed by atoms with Crippen molar-refractivity contribution >= 4 is 33.1 Å². The van der Waals surface area contributed by atoms with Crippen molar-refractivity contribution in [1.29, 1.82) is 0 Å². The summed E-state index contributed by atoms with van der Waals surface area (Å²) >= 11 is 6.26. The Hall–Kier alpha value is -2.31. The van der Waals surface area contributed by atoms with Gasteiger partial charge in [-0.1, -0.05) is 71.8 Å². The van der Waals surface area contributed by atoms with E-state index in [0.717, 1.165) is 5.02 Å². The Kier molecular flexibility index (Phi) is 3.13. The van der Waals surface area contributed by atoms with Crippen molar-refractivity contribution in [3.8, 4) is 11.1 Å². The van der Waals surface area contributed by atoms with Gasteiger partial charge in [-0.15, -0.1) is 0 Å². The lowest BCUT2D eigenvalue weighted by molar-refractivity contribution is 1.51. The van der Waals surface area contributed by atoms with Gasteiger partial charge in [0.15, 0.2) is 0 Å². The summed E-state index contributed by atoms with van der Waals surface area (Å²) in [6.45, 7) is 2.13. The van der Waals surface area contributed by atoms with Crippen LogP contribution in [0.3, 0.4) is 0 Å². The highest BCUT2D eigenvalue weighted by Gasteiger charge is 2.09. The highest BCUT2D eigenvalue weighted by atomic mass is 35.5. The lowest BCUT2D eigenvalue weighted by atomic mass is 9.93. The molecule has 0 fully saturated rings. The predicted molar refractivity (Wildman–Crippen MR) is 96.6 cm³/mol. The second kappa shape index (κ2) is 5.15. The molecule has 0 nitrogen and oxygen atoms in total. The number of hydrogen-bond acceptors (Lipinski definition) is 0. The van der Waals surface area contributed by atoms with Crippen molar-refractivity contribution in [2.75, 3.05) is 0 Å². The Bertz CT molecular complexity index is 985. The lowest BCUT2D eigenvalue weighted by Crippen LogP contribution is -1.85. The zero-order chi connectivity index (χ0) is 15.1. The number of halogens is 1. The lowest BCUT2D eigenvalue weighted by Gasteiger charge is -2.12. The predicted octanol–water partition coefficient (Wildman–Crippen LogP) is 6.62. The first-order valence-electron chi connectivity index (χ1n) is 7.40. The number of benzene rings is 4. The third-order valence-corrected chi connectivity index (χ3v) is 4.39. The molecule has 106 valence electrons. The topological polar surface area (TPSA) is 0 Å². The number of hydrogen-bond donors (Lipinski definition) is 0. The fraction of sp³-hybridized carbons (Fsp3) is 0.0476. The van der Waals surface area contributed by atoms with Gasteiger partial charge in [0, 0.05) is 5.02 Å². The van der Waals surface area contributed by atoms with Crippen LogP contribution in [-0.4, -0.2) is 0 Å². The third kappa shape index (κ3) is 2.17. The molecule has 0 amide bonds. The quantitative estimate of drug-likeness (QED) is 0.346. The van der Waals surface area contributed by atoms with E-state index in [1.165, 1.54) is 38.2 Å². The van der Waals surface area contributed by atoms with Gasteiger partial charge in [0.2, 0.25) is 0 Å². The van der Waals surface area contributed by atoms with Crippen molar-refractivity contribution in [3.63, 3.8) is 0 Å². The van der Waals surface area contributed by atoms with E-state index in [-0.39, 0.29) is 0 Å². The molecular formula is C21H15Cl. The molecule has 0 aliphatic carbocycles. The molecule has 1 heteroatoms. The van der Waals surface area contributed by atoms with Crippen molar-refractivity contribution in [2.45, 2.75) is 6.92 Å². The van der Waals surface area contributed by atoms with E-state index in [0.29, 0.717) is 0 Å². The first-order valence-corrected chi connectivity index (χ1v) is 7.78. The van der Waals surface area contributed by atoms with Gasteiger partial charge in [-0.3, -0.25) is 0 Å². The fourth-order valence-corrected chi connectivity index (χ4v) is 3.27. The Morgan fingerprint density at radius 3 is 2.32 bits per heavy atom. The highest BCUT2D eigenvalue weighted by molar-refractivity contribution is 6.32. The standard InChI is InChI=1S/C21H15Cl/c1-14-7-8-16-12-20(15-5-3-2-4-6-15)21-13-17(22)9-10-18(21)19(16)11-14/h2-13H,1H3. The smallest absolute Gasteiger partial charge is 0.0412 e. The second-order valence-corrected chi connectivity index (χ2v) is 6.14. The van der Waals surface area contributed by atoms with E-state index in [1.54, 1.807) is 0 Å². The zero-order valence-electron chi connectivity index (χ0n) is 12.3. The Labute approximate surface area is 135 Å². The summed E-state index contributed by atoms with van der Waals surface area (Å²) in [5.74, 6) is 0. The van der Waals surface area contributed by atoms with Crippen LogP contribution in [-0.2, 0) is 0 Å². The fourth-order valence-electron chi connectivity index (χ4n) is 3.09. The summed E-state index contributed by atoms with van der Waals surface area (Å²) in [5.41, 5.74) is 3.72. The Balaban J connectivity index is 2.19. The molecule has 0 N–H and O–H groups in total. The monoisotopic (exact) mass is 302 g/mol. The van der Waals surface area contributed by atoms with Gasteiger partial charge in [0.25, 0.3) is 0 Å². The Morgan fingerprint density at radius 2 is 1.50 bits per heavy atom. The van der Waals surface area contributed by atoms with Crippen molar-refractivity contribution < 1.29 is 0 Å². The second-order valence-electron chi connectivity index (χ2n) is 5.70. The molecular weight excluding hydrogens is 288 g/mol. The van der Waals surface area contributed by atoms with E-state index in [4.69, 9.17) is 11.6 Å². The first kappa shape index (κ1) is 13.4. The van der Waals surface area contributed by atoms with E-state index in [1.807, 2.05) is 12.1 Å². The van der Waals surface area contributed by atoms with Gasteiger partial charge in [-0.25, -0.2) is 0 Å². The zero-order valence-corrected chi connectivity index (χ0v) is 13.1. The maximum absolute atomic E-state index is 6.26. The maximum Gasteiger partial charge on any atom is 0.0412 e. The molecule has 0 atom stereocenters. The largest absolute Gasteiger partial charge is 0.0843 e. The molecule has 0 aliphatic rings. The molecule has 0 radical (unpaired) electrons. The van der Waals surface area contributed by atoms with E-state index in [2.05, 4.69) is 67.6 Å². The minimum absolute atomic E-state index is 0.775. The molecule has 0 saturated carbocycles. The Morgan fingerprint density at radius 1 is 0.682 bits per heavy atom. The van der Waals surface area contributed by atoms with Gasteiger partial charge in [-0.2, -0.15) is 0 Å². The van der Waals surface area contributed by atoms with Crippen LogP contribution in [0.4, 0.5) is 0 Å². The minimum Gasteiger partial charge on any atom is -0.0843 e. The van der Waals surface area contributed by atoms with Gasteiger partial charge >= 0.3 is 0 Å². The SMILES string of the molecule is Cc1ccc2cc(-c3ccccc3)c3cc(Cl)ccc3c2c1. The molecule has 4 rings (SSSR count). The molecule has 0 aromatic heterocycles. The molecule has 0 unspecified atom stereocenters. The van der Waals surface area contributed by atoms with Gasteiger partial charge in [0.05, 0.1) is 0 Å². The van der Waals surface area contributed by atoms with Crippen LogP contribution in [0.5, 0.6) is 0 Å². The van der Waals surface area contributed by atoms with Gasteiger partial charge < -0.3 is 0 Å². The number of fused-ring (bicyclic) bond motifs is 3. The summed E-state index contributed by atoms with van der Waals surface area (Å²) in [4.78, 5) is 0. The van der Waals surface area contributed by atoms with E-state index < -0.39 is 0 Å². The number of rotatable bonds is 1. The van der Waals surface area contributed by atoms with Crippen LogP contribution in [0.15, 0.2) is 72.8 Å². The average Bonchev–Trinajstić information content (AvgIpc) is 2.55. The highest BCUT2D eigenvalue weighted by Crippen LogP contribution is 2.36. The van der Waals surface area contributed by atoms with Crippen LogP contribution in [0.25, 0.3) is 32.7 Å². The summed E-state index contributed by atoms with van der Waals surface area (Å²) in [7, 11) is 0. The summed E-state index contributed by atoms with van der Waals surface area (Å²) in [5, 5.41) is 5.78. The van der Waals surface area contributed by atoms with Crippen LogP contribution in [0, 0.1) is 6.92 Å². The molecule has 0 saturated heterocycles. The summed E-state index contributed by atoms with van der Waals surface area (Å²) in [6.07, 6.45) is 0. The van der Waals surface area contributed by atoms with E-state index >= 15 is 0 Å². The summed E-state index contributed by atoms with van der Waals surface area (Å²) < 4.78 is 0. The van der Waals surface area contributed by atoms with Crippen LogP contribution >= 0.6 is 11.6 Å². The van der Waals surface area contributed by atoms with Crippen LogP contribution in [0.2, 0.25) is 5.02 Å². The first-order chi connectivity index (χ1) is 10.7. The van der Waals surface area contributed by atoms with Crippen LogP contribution in [0.1, 0.15) is 5.56 Å². The molecule has 4 aromatic rings. The van der Waals surface area contributed by atoms with E-state index in [9.17, 15) is 0 Å². The normalized spacial score (nSPS) is 11.2. The molecule has 0 aliphatic heterocycles. The maximum atomic E-state index is 6.26. The van der Waals surface area contributed by atoms with Gasteiger partial charge in [0.1, 0.15) is 0 Å². The molecule has 0 heterocycles. The molecule has 22 heavy (non-hydrogen) atoms. The minimum atomic E-state index is 0.775. The molecule has 0 spiro atoms. The van der Waals surface area contributed by atoms with Crippen molar-refractivity contribution in [2.24, 2.45) is 0 Å². The number of aryl methyl sites for hydroxylation is 1. The summed E-state index contributed by atoms with van der Waals surface area (Å²) in [6, 6.07) is 25.5. The molecule has 0 bridgehead atoms.